The number of hydrogen-bond acceptors (Lipinski definition) is 6. The number of methoxy groups -OCH3 is 1. The molecule has 6 rings (SSSR count). The van der Waals surface area contributed by atoms with Gasteiger partial charge in [-0.05, 0) is 54.9 Å². The molecule has 3 saturated heterocycles. The Bertz CT molecular complexity index is 1200. The summed E-state index contributed by atoms with van der Waals surface area (Å²) in [5.74, 6) is 1.91. The third kappa shape index (κ3) is 5.20. The molecule has 2 N–H and O–H groups in total. The summed E-state index contributed by atoms with van der Waals surface area (Å²) in [6, 6.07) is 17.4. The van der Waals surface area contributed by atoms with Gasteiger partial charge in [-0.1, -0.05) is 42.5 Å². The highest BCUT2D eigenvalue weighted by Crippen LogP contribution is 2.40. The zero-order valence-corrected chi connectivity index (χ0v) is 22.6. The van der Waals surface area contributed by atoms with Crippen LogP contribution in [0.5, 0.6) is 5.75 Å². The van der Waals surface area contributed by atoms with E-state index in [0.29, 0.717) is 44.1 Å². The maximum absolute atomic E-state index is 13.8. The van der Waals surface area contributed by atoms with E-state index in [9.17, 15) is 14.4 Å². The smallest absolute Gasteiger partial charge is 0.325 e. The summed E-state index contributed by atoms with van der Waals surface area (Å²) >= 11 is 0. The summed E-state index contributed by atoms with van der Waals surface area (Å²) in [4.78, 5) is 44.0. The van der Waals surface area contributed by atoms with Crippen LogP contribution in [0.25, 0.3) is 0 Å². The topological polar surface area (TPSA) is 91.0 Å². The second-order valence-corrected chi connectivity index (χ2v) is 11.7. The molecule has 4 fully saturated rings. The number of hydrogen-bond donors (Lipinski definition) is 2. The molecule has 8 nitrogen and oxygen atoms in total. The van der Waals surface area contributed by atoms with E-state index in [0.717, 1.165) is 37.2 Å². The van der Waals surface area contributed by atoms with Crippen molar-refractivity contribution in [3.63, 3.8) is 0 Å². The van der Waals surface area contributed by atoms with Crippen molar-refractivity contribution in [3.05, 3.63) is 65.7 Å². The minimum atomic E-state index is -0.892. The molecular weight excluding hydrogens is 492 g/mol. The van der Waals surface area contributed by atoms with Gasteiger partial charge in [0.15, 0.2) is 5.78 Å². The molecule has 2 aromatic carbocycles. The second-order valence-electron chi connectivity index (χ2n) is 11.7. The maximum atomic E-state index is 13.8. The average Bonchev–Trinajstić information content (AvgIpc) is 3.59. The van der Waals surface area contributed by atoms with Gasteiger partial charge in [-0.2, -0.15) is 0 Å². The average molecular weight is 531 g/mol. The van der Waals surface area contributed by atoms with Crippen LogP contribution < -0.4 is 15.4 Å². The number of imide groups is 1. The van der Waals surface area contributed by atoms with E-state index in [-0.39, 0.29) is 36.4 Å². The van der Waals surface area contributed by atoms with Gasteiger partial charge in [0, 0.05) is 44.4 Å². The van der Waals surface area contributed by atoms with Gasteiger partial charge in [0.25, 0.3) is 5.91 Å². The van der Waals surface area contributed by atoms with Gasteiger partial charge >= 0.3 is 6.03 Å². The Morgan fingerprint density at radius 2 is 1.74 bits per heavy atom. The standard InChI is InChI=1S/C31H38N4O4/c1-39-24-11-9-22(10-12-24)20-35-29(37)31(33-30(35)38)13-15-34(16-14-31)28(27(36)17-21-7-8-21)26-19-32-18-25(26)23-5-3-2-4-6-23/h2-6,9-12,21,25-26,28,32H,7-8,13-20H2,1H3,(H,33,38)/t25-,26-,28?/m1/s1. The number of carbonyl (C=O) groups is 3. The number of amides is 3. The van der Waals surface area contributed by atoms with Crippen LogP contribution in [0.1, 0.15) is 49.1 Å². The number of nitrogens with one attached hydrogen (secondary N) is 2. The van der Waals surface area contributed by atoms with E-state index in [4.69, 9.17) is 4.74 Å². The highest BCUT2D eigenvalue weighted by atomic mass is 16.5. The first-order valence-corrected chi connectivity index (χ1v) is 14.3. The summed E-state index contributed by atoms with van der Waals surface area (Å²) < 4.78 is 5.22. The van der Waals surface area contributed by atoms with Crippen LogP contribution in [-0.4, -0.2) is 72.4 Å². The summed E-state index contributed by atoms with van der Waals surface area (Å²) in [7, 11) is 1.61. The first-order chi connectivity index (χ1) is 19.0. The van der Waals surface area contributed by atoms with Crippen molar-refractivity contribution in [1.82, 2.24) is 20.4 Å². The lowest BCUT2D eigenvalue weighted by Crippen LogP contribution is -2.59. The van der Waals surface area contributed by atoms with E-state index in [1.54, 1.807) is 7.11 Å². The molecule has 0 radical (unpaired) electrons. The predicted octanol–water partition coefficient (Wildman–Crippen LogP) is 3.32. The molecule has 3 atom stereocenters. The van der Waals surface area contributed by atoms with Crippen LogP contribution in [0, 0.1) is 11.8 Å². The fourth-order valence-electron chi connectivity index (χ4n) is 6.79. The van der Waals surface area contributed by atoms with E-state index in [2.05, 4.69) is 39.8 Å². The first-order valence-electron chi connectivity index (χ1n) is 14.3. The fraction of sp³-hybridized carbons (Fsp3) is 0.516. The van der Waals surface area contributed by atoms with Crippen LogP contribution in [0.2, 0.25) is 0 Å². The fourth-order valence-corrected chi connectivity index (χ4v) is 6.79. The molecule has 1 aliphatic carbocycles. The molecule has 3 aliphatic heterocycles. The monoisotopic (exact) mass is 530 g/mol. The van der Waals surface area contributed by atoms with Crippen molar-refractivity contribution < 1.29 is 19.1 Å². The summed E-state index contributed by atoms with van der Waals surface area (Å²) in [6.45, 7) is 3.14. The van der Waals surface area contributed by atoms with Gasteiger partial charge in [0.05, 0.1) is 19.7 Å². The lowest BCUT2D eigenvalue weighted by Gasteiger charge is -2.43. The number of ether oxygens (including phenoxy) is 1. The Morgan fingerprint density at radius 1 is 1.03 bits per heavy atom. The lowest BCUT2D eigenvalue weighted by atomic mass is 9.78. The van der Waals surface area contributed by atoms with Crippen LogP contribution >= 0.6 is 0 Å². The maximum Gasteiger partial charge on any atom is 0.325 e. The Morgan fingerprint density at radius 3 is 2.41 bits per heavy atom. The number of carbonyl (C=O) groups excluding carboxylic acids is 3. The number of Topliss-reactive ketones (excluding diaryl/α,β-unsaturated/α-hetero) is 1. The van der Waals surface area contributed by atoms with Gasteiger partial charge in [-0.15, -0.1) is 0 Å². The Balaban J connectivity index is 1.17. The third-order valence-corrected chi connectivity index (χ3v) is 9.20. The highest BCUT2D eigenvalue weighted by Gasteiger charge is 2.54. The van der Waals surface area contributed by atoms with Gasteiger partial charge < -0.3 is 15.4 Å². The van der Waals surface area contributed by atoms with E-state index in [1.807, 2.05) is 30.3 Å². The molecule has 206 valence electrons. The molecule has 1 unspecified atom stereocenters. The minimum absolute atomic E-state index is 0.159. The van der Waals surface area contributed by atoms with Gasteiger partial charge in [-0.25, -0.2) is 4.79 Å². The zero-order chi connectivity index (χ0) is 27.0. The number of urea groups is 1. The molecular formula is C31H38N4O4. The summed E-state index contributed by atoms with van der Waals surface area (Å²) in [5, 5.41) is 6.59. The van der Waals surface area contributed by atoms with Gasteiger partial charge in [-0.3, -0.25) is 19.4 Å². The lowest BCUT2D eigenvalue weighted by molar-refractivity contribution is -0.134. The number of benzene rings is 2. The van der Waals surface area contributed by atoms with Crippen LogP contribution in [0.4, 0.5) is 4.79 Å². The normalized spacial score (nSPS) is 25.6. The predicted molar refractivity (Wildman–Crippen MR) is 147 cm³/mol. The van der Waals surface area contributed by atoms with E-state index < -0.39 is 5.54 Å². The van der Waals surface area contributed by atoms with Gasteiger partial charge in [0.1, 0.15) is 11.3 Å². The van der Waals surface area contributed by atoms with Crippen molar-refractivity contribution in [2.24, 2.45) is 11.8 Å². The third-order valence-electron chi connectivity index (χ3n) is 9.20. The van der Waals surface area contributed by atoms with Crippen LogP contribution in [0.3, 0.4) is 0 Å². The second kappa shape index (κ2) is 10.7. The number of ketones is 1. The van der Waals surface area contributed by atoms with E-state index >= 15 is 0 Å². The molecule has 0 aromatic heterocycles. The van der Waals surface area contributed by atoms with Crippen molar-refractivity contribution in [3.8, 4) is 5.75 Å². The molecule has 0 bridgehead atoms. The number of nitrogens with zero attached hydrogens (tertiary/aromatic N) is 2. The van der Waals surface area contributed by atoms with E-state index in [1.165, 1.54) is 10.5 Å². The van der Waals surface area contributed by atoms with Gasteiger partial charge in [0.2, 0.25) is 0 Å². The zero-order valence-electron chi connectivity index (χ0n) is 22.6. The number of rotatable bonds is 9. The SMILES string of the molecule is COc1ccc(CN2C(=O)NC3(CCN(C(C(=O)CC4CC4)[C@@H]4CNC[C@@H]4c4ccccc4)CC3)C2=O)cc1. The molecule has 39 heavy (non-hydrogen) atoms. The first kappa shape index (κ1) is 26.0. The minimum Gasteiger partial charge on any atom is -0.497 e. The molecule has 3 heterocycles. The molecule has 4 aliphatic rings. The van der Waals surface area contributed by atoms with Crippen molar-refractivity contribution in [2.45, 2.75) is 56.1 Å². The number of piperidine rings is 1. The Hall–Kier alpha value is -3.23. The largest absolute Gasteiger partial charge is 0.497 e. The van der Waals surface area contributed by atoms with Crippen molar-refractivity contribution in [1.29, 1.82) is 0 Å². The quantitative estimate of drug-likeness (QED) is 0.484. The molecule has 1 spiro atoms. The van der Waals surface area contributed by atoms with Crippen LogP contribution in [0.15, 0.2) is 54.6 Å². The molecule has 8 heteroatoms. The van der Waals surface area contributed by atoms with Crippen molar-refractivity contribution >= 4 is 17.7 Å². The van der Waals surface area contributed by atoms with Crippen LogP contribution in [-0.2, 0) is 16.1 Å². The Kier molecular flexibility index (Phi) is 7.16. The highest BCUT2D eigenvalue weighted by molar-refractivity contribution is 6.07. The molecule has 3 amide bonds. The molecule has 2 aromatic rings. The Labute approximate surface area is 230 Å². The summed E-state index contributed by atoms with van der Waals surface area (Å²) in [5.41, 5.74) is 1.26. The van der Waals surface area contributed by atoms with Crippen molar-refractivity contribution in [2.75, 3.05) is 33.3 Å². The number of likely N-dealkylation sites (tertiary alicyclic amines) is 1. The molecule has 1 saturated carbocycles. The summed E-state index contributed by atoms with van der Waals surface area (Å²) in [6.07, 6.45) is 3.98.